The van der Waals surface area contributed by atoms with Crippen molar-refractivity contribution in [3.63, 3.8) is 0 Å². The molecule has 5 nitrogen and oxygen atoms in total. The summed E-state index contributed by atoms with van der Waals surface area (Å²) in [5.74, 6) is 0.541. The first-order chi connectivity index (χ1) is 11.0. The molecule has 1 amide bonds. The Morgan fingerprint density at radius 3 is 2.72 bits per heavy atom. The molecule has 0 aromatic carbocycles. The van der Waals surface area contributed by atoms with Crippen LogP contribution >= 0.6 is 36.4 Å². The second-order valence-electron chi connectivity index (χ2n) is 6.95. The average Bonchev–Trinajstić information content (AvgIpc) is 3.17. The number of carbonyl (C=O) groups is 1. The number of amides is 1. The van der Waals surface area contributed by atoms with Gasteiger partial charge >= 0.3 is 0 Å². The van der Waals surface area contributed by atoms with Gasteiger partial charge in [-0.3, -0.25) is 9.69 Å². The fraction of sp³-hybridized carbons (Fsp3) is 0.647. The number of nitrogens with one attached hydrogen (secondary N) is 1. The number of hydrogen-bond acceptors (Lipinski definition) is 4. The number of likely N-dealkylation sites (tertiary alicyclic amines) is 1. The summed E-state index contributed by atoms with van der Waals surface area (Å²) in [5.41, 5.74) is 6.74. The van der Waals surface area contributed by atoms with Gasteiger partial charge in [-0.15, -0.1) is 24.8 Å². The Kier molecular flexibility index (Phi) is 8.92. The van der Waals surface area contributed by atoms with Gasteiger partial charge in [0.1, 0.15) is 5.15 Å². The highest BCUT2D eigenvalue weighted by Gasteiger charge is 2.37. The summed E-state index contributed by atoms with van der Waals surface area (Å²) >= 11 is 5.81. The first-order valence-corrected chi connectivity index (χ1v) is 8.83. The molecular formula is C17H27Cl3N4O. The molecular weight excluding hydrogens is 383 g/mol. The molecule has 1 aliphatic heterocycles. The van der Waals surface area contributed by atoms with Crippen LogP contribution in [0.1, 0.15) is 37.7 Å². The van der Waals surface area contributed by atoms with E-state index >= 15 is 0 Å². The van der Waals surface area contributed by atoms with E-state index < -0.39 is 5.54 Å². The zero-order chi connectivity index (χ0) is 16.3. The van der Waals surface area contributed by atoms with E-state index in [0.717, 1.165) is 58.3 Å². The summed E-state index contributed by atoms with van der Waals surface area (Å²) < 4.78 is 0. The largest absolute Gasteiger partial charge is 0.354 e. The Morgan fingerprint density at radius 1 is 1.36 bits per heavy atom. The van der Waals surface area contributed by atoms with Crippen LogP contribution in [-0.4, -0.2) is 41.0 Å². The van der Waals surface area contributed by atoms with Crippen molar-refractivity contribution in [2.24, 2.45) is 11.7 Å². The van der Waals surface area contributed by atoms with E-state index in [1.54, 1.807) is 0 Å². The lowest BCUT2D eigenvalue weighted by molar-refractivity contribution is -0.126. The fourth-order valence-electron chi connectivity index (χ4n) is 3.63. The van der Waals surface area contributed by atoms with Gasteiger partial charge in [0, 0.05) is 25.8 Å². The van der Waals surface area contributed by atoms with Gasteiger partial charge < -0.3 is 11.1 Å². The summed E-state index contributed by atoms with van der Waals surface area (Å²) in [4.78, 5) is 18.8. The molecule has 25 heavy (non-hydrogen) atoms. The van der Waals surface area contributed by atoms with E-state index in [-0.39, 0.29) is 30.7 Å². The molecule has 2 heterocycles. The molecule has 1 unspecified atom stereocenters. The smallest absolute Gasteiger partial charge is 0.240 e. The van der Waals surface area contributed by atoms with Gasteiger partial charge in [0.2, 0.25) is 5.91 Å². The maximum absolute atomic E-state index is 12.3. The molecule has 1 saturated carbocycles. The Bertz CT molecular complexity index is 549. The van der Waals surface area contributed by atoms with Crippen molar-refractivity contribution in [2.75, 3.05) is 19.6 Å². The predicted molar refractivity (Wildman–Crippen MR) is 106 cm³/mol. The SMILES string of the molecule is Cl.Cl.NC1(C(=O)NCC2CCN(Cc3ccc(Cl)nc3)C2)CCCC1. The Hall–Kier alpha value is -0.590. The van der Waals surface area contributed by atoms with Crippen LogP contribution in [0.15, 0.2) is 18.3 Å². The highest BCUT2D eigenvalue weighted by molar-refractivity contribution is 6.29. The van der Waals surface area contributed by atoms with Crippen LogP contribution < -0.4 is 11.1 Å². The van der Waals surface area contributed by atoms with Gasteiger partial charge in [-0.25, -0.2) is 4.98 Å². The monoisotopic (exact) mass is 408 g/mol. The Balaban J connectivity index is 0.00000156. The number of carbonyl (C=O) groups excluding carboxylic acids is 1. The van der Waals surface area contributed by atoms with Gasteiger partial charge in [-0.2, -0.15) is 0 Å². The number of nitrogens with two attached hydrogens (primary N) is 1. The normalized spacial score (nSPS) is 22.1. The minimum absolute atomic E-state index is 0. The summed E-state index contributed by atoms with van der Waals surface area (Å²) in [6, 6.07) is 3.84. The number of nitrogens with zero attached hydrogens (tertiary/aromatic N) is 2. The Labute approximate surface area is 166 Å². The quantitative estimate of drug-likeness (QED) is 0.734. The van der Waals surface area contributed by atoms with Crippen LogP contribution in [-0.2, 0) is 11.3 Å². The van der Waals surface area contributed by atoms with E-state index in [0.29, 0.717) is 11.1 Å². The third kappa shape index (κ3) is 5.97. The second kappa shape index (κ2) is 9.93. The second-order valence-corrected chi connectivity index (χ2v) is 7.34. The molecule has 8 heteroatoms. The zero-order valence-electron chi connectivity index (χ0n) is 14.2. The van der Waals surface area contributed by atoms with Gasteiger partial charge in [0.25, 0.3) is 0 Å². The predicted octanol–water partition coefficient (Wildman–Crippen LogP) is 2.79. The maximum Gasteiger partial charge on any atom is 0.240 e. The molecule has 1 aromatic heterocycles. The summed E-state index contributed by atoms with van der Waals surface area (Å²) in [7, 11) is 0. The van der Waals surface area contributed by atoms with E-state index in [2.05, 4.69) is 15.2 Å². The zero-order valence-corrected chi connectivity index (χ0v) is 16.6. The Morgan fingerprint density at radius 2 is 2.08 bits per heavy atom. The van der Waals surface area contributed by atoms with E-state index in [9.17, 15) is 4.79 Å². The highest BCUT2D eigenvalue weighted by atomic mass is 35.5. The lowest BCUT2D eigenvalue weighted by atomic mass is 9.97. The molecule has 2 fully saturated rings. The summed E-state index contributed by atoms with van der Waals surface area (Å²) in [6.07, 6.45) is 6.71. The van der Waals surface area contributed by atoms with Crippen LogP contribution in [0.5, 0.6) is 0 Å². The van der Waals surface area contributed by atoms with Crippen molar-refractivity contribution in [1.29, 1.82) is 0 Å². The van der Waals surface area contributed by atoms with Crippen molar-refractivity contribution in [1.82, 2.24) is 15.2 Å². The van der Waals surface area contributed by atoms with E-state index in [4.69, 9.17) is 17.3 Å². The van der Waals surface area contributed by atoms with E-state index in [1.807, 2.05) is 18.3 Å². The fourth-order valence-corrected chi connectivity index (χ4v) is 3.74. The molecule has 1 aromatic rings. The number of aromatic nitrogens is 1. The molecule has 1 atom stereocenters. The third-order valence-corrected chi connectivity index (χ3v) is 5.29. The summed E-state index contributed by atoms with van der Waals surface area (Å²) in [6.45, 7) is 3.67. The van der Waals surface area contributed by atoms with Gasteiger partial charge in [-0.05, 0) is 43.4 Å². The molecule has 3 rings (SSSR count). The van der Waals surface area contributed by atoms with Crippen LogP contribution in [0.4, 0.5) is 0 Å². The van der Waals surface area contributed by atoms with Crippen LogP contribution in [0, 0.1) is 5.92 Å². The van der Waals surface area contributed by atoms with Crippen LogP contribution in [0.3, 0.4) is 0 Å². The third-order valence-electron chi connectivity index (χ3n) is 5.06. The van der Waals surface area contributed by atoms with Crippen molar-refractivity contribution in [2.45, 2.75) is 44.2 Å². The highest BCUT2D eigenvalue weighted by Crippen LogP contribution is 2.27. The lowest BCUT2D eigenvalue weighted by Gasteiger charge is -2.23. The average molecular weight is 410 g/mol. The van der Waals surface area contributed by atoms with Gasteiger partial charge in [-0.1, -0.05) is 30.5 Å². The minimum Gasteiger partial charge on any atom is -0.354 e. The number of hydrogen-bond donors (Lipinski definition) is 2. The molecule has 3 N–H and O–H groups in total. The first-order valence-electron chi connectivity index (χ1n) is 8.45. The number of rotatable bonds is 5. The lowest BCUT2D eigenvalue weighted by Crippen LogP contribution is -2.52. The molecule has 0 bridgehead atoms. The van der Waals surface area contributed by atoms with Crippen molar-refractivity contribution < 1.29 is 4.79 Å². The van der Waals surface area contributed by atoms with Gasteiger partial charge in [0.05, 0.1) is 5.54 Å². The molecule has 1 aliphatic carbocycles. The topological polar surface area (TPSA) is 71.2 Å². The maximum atomic E-state index is 12.3. The van der Waals surface area contributed by atoms with Crippen LogP contribution in [0.2, 0.25) is 5.15 Å². The van der Waals surface area contributed by atoms with Gasteiger partial charge in [0.15, 0.2) is 0 Å². The molecule has 2 aliphatic rings. The minimum atomic E-state index is -0.618. The number of halogens is 3. The standard InChI is InChI=1S/C17H25ClN4O.2ClH/c18-15-4-3-13(9-20-15)11-22-8-5-14(12-22)10-21-16(23)17(19)6-1-2-7-17;;/h3-4,9,14H,1-2,5-8,10-12,19H2,(H,21,23);2*1H. The van der Waals surface area contributed by atoms with Crippen molar-refractivity contribution in [3.05, 3.63) is 29.0 Å². The van der Waals surface area contributed by atoms with Crippen molar-refractivity contribution >= 4 is 42.3 Å². The number of pyridine rings is 1. The van der Waals surface area contributed by atoms with E-state index in [1.165, 1.54) is 5.56 Å². The van der Waals surface area contributed by atoms with Crippen LogP contribution in [0.25, 0.3) is 0 Å². The molecule has 1 saturated heterocycles. The molecule has 0 radical (unpaired) electrons. The summed E-state index contributed by atoms with van der Waals surface area (Å²) in [5, 5.41) is 3.60. The molecule has 142 valence electrons. The first kappa shape index (κ1) is 22.5. The molecule has 0 spiro atoms. The van der Waals surface area contributed by atoms with Crippen molar-refractivity contribution in [3.8, 4) is 0 Å².